The molecule has 0 aromatic heterocycles. The highest BCUT2D eigenvalue weighted by Gasteiger charge is 2.19. The SMILES string of the molecule is Nc1ccc(S(=O)(=O)Nc2ccc(F)cc2)c(F)c1. The molecule has 0 unspecified atom stereocenters. The van der Waals surface area contributed by atoms with Gasteiger partial charge in [-0.05, 0) is 42.5 Å². The molecule has 0 aliphatic carbocycles. The van der Waals surface area contributed by atoms with Gasteiger partial charge in [0.25, 0.3) is 10.0 Å². The second-order valence-corrected chi connectivity index (χ2v) is 5.45. The predicted molar refractivity (Wildman–Crippen MR) is 68.0 cm³/mol. The van der Waals surface area contributed by atoms with Crippen LogP contribution in [0.2, 0.25) is 0 Å². The van der Waals surface area contributed by atoms with E-state index in [0.29, 0.717) is 0 Å². The summed E-state index contributed by atoms with van der Waals surface area (Å²) >= 11 is 0. The van der Waals surface area contributed by atoms with Gasteiger partial charge in [-0.15, -0.1) is 0 Å². The molecule has 0 amide bonds. The van der Waals surface area contributed by atoms with E-state index in [1.54, 1.807) is 0 Å². The van der Waals surface area contributed by atoms with Gasteiger partial charge in [0.2, 0.25) is 0 Å². The van der Waals surface area contributed by atoms with Crippen molar-refractivity contribution in [3.8, 4) is 0 Å². The Morgan fingerprint density at radius 3 is 2.21 bits per heavy atom. The molecule has 2 rings (SSSR count). The van der Waals surface area contributed by atoms with Crippen molar-refractivity contribution in [1.29, 1.82) is 0 Å². The van der Waals surface area contributed by atoms with Crippen molar-refractivity contribution < 1.29 is 17.2 Å². The maximum absolute atomic E-state index is 13.6. The van der Waals surface area contributed by atoms with Crippen LogP contribution in [0.1, 0.15) is 0 Å². The Morgan fingerprint density at radius 1 is 1.00 bits per heavy atom. The minimum absolute atomic E-state index is 0.123. The van der Waals surface area contributed by atoms with Crippen molar-refractivity contribution in [2.45, 2.75) is 4.90 Å². The lowest BCUT2D eigenvalue weighted by atomic mass is 10.3. The Balaban J connectivity index is 2.35. The summed E-state index contributed by atoms with van der Waals surface area (Å²) in [5.41, 5.74) is 5.60. The molecule has 2 aromatic carbocycles. The van der Waals surface area contributed by atoms with E-state index in [4.69, 9.17) is 5.73 Å². The molecule has 0 fully saturated rings. The number of sulfonamides is 1. The largest absolute Gasteiger partial charge is 0.399 e. The third kappa shape index (κ3) is 3.00. The summed E-state index contributed by atoms with van der Waals surface area (Å²) in [7, 11) is -4.08. The zero-order valence-electron chi connectivity index (χ0n) is 9.60. The summed E-state index contributed by atoms with van der Waals surface area (Å²) < 4.78 is 52.3. The van der Waals surface area contributed by atoms with Gasteiger partial charge in [-0.1, -0.05) is 0 Å². The Hall–Kier alpha value is -2.15. The van der Waals surface area contributed by atoms with Crippen LogP contribution in [0.25, 0.3) is 0 Å². The first-order chi connectivity index (χ1) is 8.88. The Kier molecular flexibility index (Phi) is 3.39. The molecule has 19 heavy (non-hydrogen) atoms. The maximum atomic E-state index is 13.6. The van der Waals surface area contributed by atoms with Gasteiger partial charge in [0.1, 0.15) is 16.5 Å². The summed E-state index contributed by atoms with van der Waals surface area (Å²) in [6, 6.07) is 7.93. The van der Waals surface area contributed by atoms with Gasteiger partial charge in [-0.25, -0.2) is 17.2 Å². The van der Waals surface area contributed by atoms with E-state index >= 15 is 0 Å². The number of hydrogen-bond donors (Lipinski definition) is 2. The summed E-state index contributed by atoms with van der Waals surface area (Å²) in [5, 5.41) is 0. The molecule has 3 N–H and O–H groups in total. The summed E-state index contributed by atoms with van der Waals surface area (Å²) in [6.45, 7) is 0. The van der Waals surface area contributed by atoms with Crippen LogP contribution in [0.3, 0.4) is 0 Å². The Morgan fingerprint density at radius 2 is 1.63 bits per heavy atom. The molecule has 100 valence electrons. The number of nitrogen functional groups attached to an aromatic ring is 1. The smallest absolute Gasteiger partial charge is 0.264 e. The molecule has 7 heteroatoms. The van der Waals surface area contributed by atoms with Crippen LogP contribution in [0.15, 0.2) is 47.4 Å². The quantitative estimate of drug-likeness (QED) is 0.850. The summed E-state index contributed by atoms with van der Waals surface area (Å²) in [6.07, 6.45) is 0. The highest BCUT2D eigenvalue weighted by molar-refractivity contribution is 7.92. The third-order valence-electron chi connectivity index (χ3n) is 2.34. The first-order valence-electron chi connectivity index (χ1n) is 5.22. The van der Waals surface area contributed by atoms with E-state index in [9.17, 15) is 17.2 Å². The van der Waals surface area contributed by atoms with E-state index in [-0.39, 0.29) is 11.4 Å². The van der Waals surface area contributed by atoms with Gasteiger partial charge in [0, 0.05) is 11.4 Å². The molecule has 0 aliphatic rings. The van der Waals surface area contributed by atoms with Crippen molar-refractivity contribution in [2.75, 3.05) is 10.5 Å². The van der Waals surface area contributed by atoms with Gasteiger partial charge in [0.15, 0.2) is 0 Å². The second-order valence-electron chi connectivity index (χ2n) is 3.80. The van der Waals surface area contributed by atoms with Crippen LogP contribution in [-0.4, -0.2) is 8.42 Å². The number of anilines is 2. The average molecular weight is 284 g/mol. The normalized spacial score (nSPS) is 11.3. The van der Waals surface area contributed by atoms with Crippen molar-refractivity contribution in [2.24, 2.45) is 0 Å². The molecule has 2 aromatic rings. The number of halogens is 2. The number of hydrogen-bond acceptors (Lipinski definition) is 3. The van der Waals surface area contributed by atoms with Crippen LogP contribution < -0.4 is 10.5 Å². The third-order valence-corrected chi connectivity index (χ3v) is 3.76. The lowest BCUT2D eigenvalue weighted by Gasteiger charge is -2.09. The van der Waals surface area contributed by atoms with Gasteiger partial charge in [-0.3, -0.25) is 4.72 Å². The minimum atomic E-state index is -4.08. The fraction of sp³-hybridized carbons (Fsp3) is 0. The molecule has 0 heterocycles. The van der Waals surface area contributed by atoms with Crippen molar-refractivity contribution in [3.05, 3.63) is 54.1 Å². The topological polar surface area (TPSA) is 72.2 Å². The van der Waals surface area contributed by atoms with Gasteiger partial charge in [0.05, 0.1) is 0 Å². The first kappa shape index (κ1) is 13.3. The fourth-order valence-corrected chi connectivity index (χ4v) is 2.58. The average Bonchev–Trinajstić information content (AvgIpc) is 2.31. The van der Waals surface area contributed by atoms with Crippen LogP contribution in [0, 0.1) is 11.6 Å². The van der Waals surface area contributed by atoms with E-state index in [1.165, 1.54) is 18.2 Å². The monoisotopic (exact) mass is 284 g/mol. The summed E-state index contributed by atoms with van der Waals surface area (Å²) in [5.74, 6) is -1.45. The van der Waals surface area contributed by atoms with Crippen LogP contribution in [0.4, 0.5) is 20.2 Å². The molecule has 0 atom stereocenters. The zero-order chi connectivity index (χ0) is 14.0. The number of nitrogens with one attached hydrogen (secondary N) is 1. The van der Waals surface area contributed by atoms with Gasteiger partial charge >= 0.3 is 0 Å². The first-order valence-corrected chi connectivity index (χ1v) is 6.70. The highest BCUT2D eigenvalue weighted by atomic mass is 32.2. The van der Waals surface area contributed by atoms with E-state index in [1.807, 2.05) is 0 Å². The molecule has 0 spiro atoms. The minimum Gasteiger partial charge on any atom is -0.399 e. The second kappa shape index (κ2) is 4.85. The molecule has 0 aliphatic heterocycles. The summed E-state index contributed by atoms with van der Waals surface area (Å²) in [4.78, 5) is -0.522. The zero-order valence-corrected chi connectivity index (χ0v) is 10.4. The number of nitrogens with two attached hydrogens (primary N) is 1. The fourth-order valence-electron chi connectivity index (χ4n) is 1.46. The van der Waals surface area contributed by atoms with Crippen LogP contribution in [0.5, 0.6) is 0 Å². The van der Waals surface area contributed by atoms with Crippen molar-refractivity contribution in [3.63, 3.8) is 0 Å². The molecular formula is C12H10F2N2O2S. The van der Waals surface area contributed by atoms with E-state index < -0.39 is 26.6 Å². The van der Waals surface area contributed by atoms with Gasteiger partial charge < -0.3 is 5.73 Å². The van der Waals surface area contributed by atoms with Gasteiger partial charge in [-0.2, -0.15) is 0 Å². The molecule has 0 bridgehead atoms. The highest BCUT2D eigenvalue weighted by Crippen LogP contribution is 2.20. The Bertz CT molecular complexity index is 700. The van der Waals surface area contributed by atoms with Crippen LogP contribution in [-0.2, 0) is 10.0 Å². The van der Waals surface area contributed by atoms with E-state index in [0.717, 1.165) is 24.3 Å². The number of benzene rings is 2. The van der Waals surface area contributed by atoms with Crippen molar-refractivity contribution >= 4 is 21.4 Å². The lowest BCUT2D eigenvalue weighted by Crippen LogP contribution is -2.14. The van der Waals surface area contributed by atoms with Crippen molar-refractivity contribution in [1.82, 2.24) is 0 Å². The molecule has 0 saturated heterocycles. The van der Waals surface area contributed by atoms with E-state index in [2.05, 4.69) is 4.72 Å². The number of rotatable bonds is 3. The molecular weight excluding hydrogens is 274 g/mol. The Labute approximate surface area is 108 Å². The standard InChI is InChI=1S/C12H10F2N2O2S/c13-8-1-4-10(5-2-8)16-19(17,18)12-6-3-9(15)7-11(12)14/h1-7,16H,15H2. The maximum Gasteiger partial charge on any atom is 0.264 e. The molecule has 0 radical (unpaired) electrons. The predicted octanol–water partition coefficient (Wildman–Crippen LogP) is 2.35. The molecule has 0 saturated carbocycles. The van der Waals surface area contributed by atoms with Crippen LogP contribution >= 0.6 is 0 Å². The molecule has 4 nitrogen and oxygen atoms in total. The lowest BCUT2D eigenvalue weighted by molar-refractivity contribution is 0.570.